The highest BCUT2D eigenvalue weighted by Crippen LogP contribution is 2.22. The highest BCUT2D eigenvalue weighted by molar-refractivity contribution is 7.89. The maximum Gasteiger partial charge on any atom is 0.243 e. The smallest absolute Gasteiger partial charge is 0.243 e. The Morgan fingerprint density at radius 2 is 1.72 bits per heavy atom. The van der Waals surface area contributed by atoms with E-state index in [0.29, 0.717) is 31.2 Å². The molecule has 0 N–H and O–H groups in total. The highest BCUT2D eigenvalue weighted by Gasteiger charge is 2.29. The van der Waals surface area contributed by atoms with Gasteiger partial charge in [0.2, 0.25) is 10.0 Å². The number of sulfonamides is 1. The fourth-order valence-corrected chi connectivity index (χ4v) is 4.21. The average molecular weight is 382 g/mol. The van der Waals surface area contributed by atoms with E-state index >= 15 is 0 Å². The molecule has 0 radical (unpaired) electrons. The van der Waals surface area contributed by atoms with Crippen molar-refractivity contribution in [2.75, 3.05) is 50.1 Å². The molecule has 1 saturated heterocycles. The lowest BCUT2D eigenvalue weighted by Crippen LogP contribution is -2.49. The second-order valence-electron chi connectivity index (χ2n) is 6.01. The van der Waals surface area contributed by atoms with E-state index in [1.807, 2.05) is 30.0 Å². The summed E-state index contributed by atoms with van der Waals surface area (Å²) in [4.78, 5) is 4.27. The molecule has 2 heterocycles. The Kier molecular flexibility index (Phi) is 5.12. The molecule has 0 saturated carbocycles. The number of halogens is 1. The van der Waals surface area contributed by atoms with Gasteiger partial charge in [-0.1, -0.05) is 11.6 Å². The second-order valence-corrected chi connectivity index (χ2v) is 8.39. The second kappa shape index (κ2) is 7.15. The van der Waals surface area contributed by atoms with E-state index in [9.17, 15) is 8.42 Å². The zero-order valence-corrected chi connectivity index (χ0v) is 15.7. The van der Waals surface area contributed by atoms with Gasteiger partial charge in [0.1, 0.15) is 0 Å². The molecule has 0 bridgehead atoms. The Hall–Kier alpha value is -1.90. The van der Waals surface area contributed by atoms with Gasteiger partial charge in [-0.15, -0.1) is 5.10 Å². The average Bonchev–Trinajstić information content (AvgIpc) is 2.62. The molecule has 25 heavy (non-hydrogen) atoms. The summed E-state index contributed by atoms with van der Waals surface area (Å²) in [5, 5.41) is 8.71. The Labute approximate surface area is 152 Å². The molecule has 2 aromatic rings. The zero-order valence-electron chi connectivity index (χ0n) is 14.1. The van der Waals surface area contributed by atoms with Gasteiger partial charge in [-0.05, 0) is 24.3 Å². The lowest BCUT2D eigenvalue weighted by atomic mass is 10.3. The van der Waals surface area contributed by atoms with Crippen molar-refractivity contribution in [1.82, 2.24) is 14.5 Å². The standard InChI is InChI=1S/C16H20ClN5O2S/c1-20(2)14-11-16(19-18-12-14)21-7-9-22(10-8-21)25(23,24)15-5-3-13(17)4-6-15/h3-6,11-12H,7-10H2,1-2H3. The SMILES string of the molecule is CN(C)c1cnnc(N2CCN(S(=O)(=O)c3ccc(Cl)cc3)CC2)c1. The van der Waals surface area contributed by atoms with Gasteiger partial charge in [-0.2, -0.15) is 9.40 Å². The van der Waals surface area contributed by atoms with Crippen molar-refractivity contribution >= 4 is 33.1 Å². The first kappa shape index (κ1) is 17.9. The predicted octanol–water partition coefficient (Wildman–Crippen LogP) is 1.71. The van der Waals surface area contributed by atoms with Crippen LogP contribution in [0.1, 0.15) is 0 Å². The van der Waals surface area contributed by atoms with Crippen molar-refractivity contribution in [1.29, 1.82) is 0 Å². The van der Waals surface area contributed by atoms with Gasteiger partial charge in [-0.25, -0.2) is 8.42 Å². The molecule has 1 aliphatic rings. The number of anilines is 2. The third-order valence-corrected chi connectivity index (χ3v) is 6.32. The monoisotopic (exact) mass is 381 g/mol. The van der Waals surface area contributed by atoms with Crippen molar-refractivity contribution in [3.8, 4) is 0 Å². The quantitative estimate of drug-likeness (QED) is 0.803. The molecular weight excluding hydrogens is 362 g/mol. The number of hydrogen-bond acceptors (Lipinski definition) is 6. The molecule has 0 spiro atoms. The molecule has 1 aliphatic heterocycles. The van der Waals surface area contributed by atoms with Crippen LogP contribution in [0.2, 0.25) is 5.02 Å². The van der Waals surface area contributed by atoms with E-state index in [0.717, 1.165) is 11.5 Å². The van der Waals surface area contributed by atoms with Crippen molar-refractivity contribution in [3.05, 3.63) is 41.6 Å². The first-order valence-electron chi connectivity index (χ1n) is 7.88. The molecule has 1 aromatic carbocycles. The third-order valence-electron chi connectivity index (χ3n) is 4.16. The van der Waals surface area contributed by atoms with Crippen molar-refractivity contribution in [2.24, 2.45) is 0 Å². The van der Waals surface area contributed by atoms with E-state index in [2.05, 4.69) is 10.2 Å². The fraction of sp³-hybridized carbons (Fsp3) is 0.375. The number of hydrogen-bond donors (Lipinski definition) is 0. The van der Waals surface area contributed by atoms with Gasteiger partial charge < -0.3 is 9.80 Å². The largest absolute Gasteiger partial charge is 0.376 e. The first-order chi connectivity index (χ1) is 11.9. The van der Waals surface area contributed by atoms with Crippen LogP contribution in [0.5, 0.6) is 0 Å². The van der Waals surface area contributed by atoms with Crippen LogP contribution in [0.15, 0.2) is 41.4 Å². The number of rotatable bonds is 4. The minimum Gasteiger partial charge on any atom is -0.376 e. The van der Waals surface area contributed by atoms with E-state index in [1.165, 1.54) is 16.4 Å². The van der Waals surface area contributed by atoms with E-state index in [-0.39, 0.29) is 4.90 Å². The van der Waals surface area contributed by atoms with Crippen molar-refractivity contribution < 1.29 is 8.42 Å². The molecule has 1 aromatic heterocycles. The number of nitrogens with zero attached hydrogens (tertiary/aromatic N) is 5. The minimum atomic E-state index is -3.50. The van der Waals surface area contributed by atoms with Crippen LogP contribution in [0.3, 0.4) is 0 Å². The molecular formula is C16H20ClN5O2S. The number of aromatic nitrogens is 2. The summed E-state index contributed by atoms with van der Waals surface area (Å²) in [5.74, 6) is 0.759. The van der Waals surface area contributed by atoms with Gasteiger partial charge in [-0.3, -0.25) is 0 Å². The van der Waals surface area contributed by atoms with E-state index < -0.39 is 10.0 Å². The lowest BCUT2D eigenvalue weighted by molar-refractivity contribution is 0.383. The Morgan fingerprint density at radius 1 is 1.08 bits per heavy atom. The number of piperazine rings is 1. The van der Waals surface area contributed by atoms with Crippen molar-refractivity contribution in [2.45, 2.75) is 4.90 Å². The maximum absolute atomic E-state index is 12.7. The van der Waals surface area contributed by atoms with Crippen LogP contribution < -0.4 is 9.80 Å². The summed E-state index contributed by atoms with van der Waals surface area (Å²) in [6, 6.07) is 8.21. The van der Waals surface area contributed by atoms with Crippen LogP contribution in [0, 0.1) is 0 Å². The lowest BCUT2D eigenvalue weighted by Gasteiger charge is -2.34. The van der Waals surface area contributed by atoms with Crippen LogP contribution >= 0.6 is 11.6 Å². The minimum absolute atomic E-state index is 0.264. The van der Waals surface area contributed by atoms with Crippen LogP contribution in [0.25, 0.3) is 0 Å². The first-order valence-corrected chi connectivity index (χ1v) is 9.70. The summed E-state index contributed by atoms with van der Waals surface area (Å²) < 4.78 is 26.9. The molecule has 134 valence electrons. The topological polar surface area (TPSA) is 69.6 Å². The van der Waals surface area contributed by atoms with E-state index in [1.54, 1.807) is 18.3 Å². The van der Waals surface area contributed by atoms with Gasteiger partial charge in [0.05, 0.1) is 16.8 Å². The Bertz CT molecular complexity index is 834. The van der Waals surface area contributed by atoms with Crippen LogP contribution in [-0.4, -0.2) is 63.2 Å². The Balaban J connectivity index is 1.71. The molecule has 0 amide bonds. The van der Waals surface area contributed by atoms with Gasteiger partial charge >= 0.3 is 0 Å². The summed E-state index contributed by atoms with van der Waals surface area (Å²) in [7, 11) is 0.382. The molecule has 0 unspecified atom stereocenters. The maximum atomic E-state index is 12.7. The van der Waals surface area contributed by atoms with Gasteiger partial charge in [0.15, 0.2) is 5.82 Å². The summed E-state index contributed by atoms with van der Waals surface area (Å²) in [6.07, 6.45) is 1.70. The predicted molar refractivity (Wildman–Crippen MR) is 98.8 cm³/mol. The Morgan fingerprint density at radius 3 is 2.32 bits per heavy atom. The van der Waals surface area contributed by atoms with Crippen LogP contribution in [-0.2, 0) is 10.0 Å². The number of benzene rings is 1. The van der Waals surface area contributed by atoms with Gasteiger partial charge in [0.25, 0.3) is 0 Å². The summed E-state index contributed by atoms with van der Waals surface area (Å²) >= 11 is 5.84. The molecule has 0 aliphatic carbocycles. The van der Waals surface area contributed by atoms with Crippen molar-refractivity contribution in [3.63, 3.8) is 0 Å². The summed E-state index contributed by atoms with van der Waals surface area (Å²) in [6.45, 7) is 1.94. The summed E-state index contributed by atoms with van der Waals surface area (Å²) in [5.41, 5.74) is 0.959. The molecule has 1 fully saturated rings. The van der Waals surface area contributed by atoms with Gasteiger partial charge in [0, 0.05) is 51.4 Å². The molecule has 0 atom stereocenters. The molecule has 3 rings (SSSR count). The highest BCUT2D eigenvalue weighted by atomic mass is 35.5. The van der Waals surface area contributed by atoms with Crippen LogP contribution in [0.4, 0.5) is 11.5 Å². The molecule has 9 heteroatoms. The fourth-order valence-electron chi connectivity index (χ4n) is 2.66. The normalized spacial score (nSPS) is 16.0. The molecule has 7 nitrogen and oxygen atoms in total. The van der Waals surface area contributed by atoms with E-state index in [4.69, 9.17) is 11.6 Å². The third kappa shape index (κ3) is 3.86. The zero-order chi connectivity index (χ0) is 18.0.